The smallest absolute Gasteiger partial charge is 0.132 e. The average Bonchev–Trinajstić information content (AvgIpc) is 2.54. The van der Waals surface area contributed by atoms with Gasteiger partial charge in [-0.2, -0.15) is 5.26 Å². The molecule has 1 unspecified atom stereocenters. The van der Waals surface area contributed by atoms with E-state index in [0.717, 1.165) is 12.0 Å². The van der Waals surface area contributed by atoms with Crippen LogP contribution in [0.1, 0.15) is 37.4 Å². The second kappa shape index (κ2) is 6.36. The Morgan fingerprint density at radius 3 is 2.10 bits per heavy atom. The summed E-state index contributed by atoms with van der Waals surface area (Å²) in [6.07, 6.45) is 0.727. The Labute approximate surface area is 121 Å². The fourth-order valence-corrected chi connectivity index (χ4v) is 2.48. The maximum atomic E-state index is 9.71. The first-order chi connectivity index (χ1) is 9.72. The molecule has 2 atom stereocenters. The predicted molar refractivity (Wildman–Crippen MR) is 82.0 cm³/mol. The SMILES string of the molecule is CCC(C#N)(N[C@H](C)c1ccccc1)c1ccccc1. The highest BCUT2D eigenvalue weighted by Gasteiger charge is 2.31. The number of rotatable bonds is 5. The molecule has 0 aliphatic heterocycles. The fraction of sp³-hybridized carbons (Fsp3) is 0.278. The van der Waals surface area contributed by atoms with Crippen molar-refractivity contribution in [3.63, 3.8) is 0 Å². The molecule has 0 saturated carbocycles. The first-order valence-corrected chi connectivity index (χ1v) is 7.01. The van der Waals surface area contributed by atoms with E-state index in [4.69, 9.17) is 0 Å². The Morgan fingerprint density at radius 2 is 1.60 bits per heavy atom. The summed E-state index contributed by atoms with van der Waals surface area (Å²) in [4.78, 5) is 0. The number of nitriles is 1. The van der Waals surface area contributed by atoms with Crippen molar-refractivity contribution in [2.24, 2.45) is 0 Å². The lowest BCUT2D eigenvalue weighted by Gasteiger charge is -2.31. The van der Waals surface area contributed by atoms with E-state index in [2.05, 4.69) is 30.4 Å². The molecule has 2 heteroatoms. The molecule has 0 amide bonds. The molecule has 20 heavy (non-hydrogen) atoms. The molecule has 2 aromatic rings. The monoisotopic (exact) mass is 264 g/mol. The normalized spacial score (nSPS) is 15.1. The van der Waals surface area contributed by atoms with Crippen molar-refractivity contribution in [2.75, 3.05) is 0 Å². The Morgan fingerprint density at radius 1 is 1.05 bits per heavy atom. The molecular weight excluding hydrogens is 244 g/mol. The van der Waals surface area contributed by atoms with Gasteiger partial charge in [-0.1, -0.05) is 67.6 Å². The van der Waals surface area contributed by atoms with Crippen LogP contribution in [-0.4, -0.2) is 0 Å². The molecule has 0 aromatic heterocycles. The minimum atomic E-state index is -0.642. The molecule has 0 aliphatic carbocycles. The number of hydrogen-bond donors (Lipinski definition) is 1. The molecule has 0 fully saturated rings. The minimum absolute atomic E-state index is 0.121. The standard InChI is InChI=1S/C18H20N2/c1-3-18(14-19,17-12-8-5-9-13-17)20-15(2)16-10-6-4-7-11-16/h4-13,15,20H,3H2,1-2H3/t15-,18?/m1/s1. The van der Waals surface area contributed by atoms with Gasteiger partial charge in [0.2, 0.25) is 0 Å². The Balaban J connectivity index is 2.29. The molecule has 0 aliphatic rings. The minimum Gasteiger partial charge on any atom is -0.289 e. The van der Waals surface area contributed by atoms with Gasteiger partial charge < -0.3 is 0 Å². The third-order valence-corrected chi connectivity index (χ3v) is 3.75. The summed E-state index contributed by atoms with van der Waals surface area (Å²) in [5.41, 5.74) is 1.57. The van der Waals surface area contributed by atoms with Gasteiger partial charge in [-0.15, -0.1) is 0 Å². The maximum Gasteiger partial charge on any atom is 0.132 e. The summed E-state index contributed by atoms with van der Waals surface area (Å²) < 4.78 is 0. The van der Waals surface area contributed by atoms with Crippen molar-refractivity contribution < 1.29 is 0 Å². The van der Waals surface area contributed by atoms with E-state index in [-0.39, 0.29) is 6.04 Å². The highest BCUT2D eigenvalue weighted by atomic mass is 15.0. The van der Waals surface area contributed by atoms with Gasteiger partial charge >= 0.3 is 0 Å². The van der Waals surface area contributed by atoms with Gasteiger partial charge in [-0.05, 0) is 24.5 Å². The molecule has 0 spiro atoms. The quantitative estimate of drug-likeness (QED) is 0.880. The van der Waals surface area contributed by atoms with Crippen molar-refractivity contribution in [1.29, 1.82) is 5.26 Å². The van der Waals surface area contributed by atoms with E-state index in [9.17, 15) is 5.26 Å². The topological polar surface area (TPSA) is 35.8 Å². The van der Waals surface area contributed by atoms with E-state index < -0.39 is 5.54 Å². The lowest BCUT2D eigenvalue weighted by molar-refractivity contribution is 0.368. The Kier molecular flexibility index (Phi) is 4.55. The van der Waals surface area contributed by atoms with Crippen LogP contribution in [0.2, 0.25) is 0 Å². The van der Waals surface area contributed by atoms with Crippen molar-refractivity contribution >= 4 is 0 Å². The highest BCUT2D eigenvalue weighted by Crippen LogP contribution is 2.28. The molecule has 0 radical (unpaired) electrons. The van der Waals surface area contributed by atoms with Gasteiger partial charge in [0.1, 0.15) is 5.54 Å². The third-order valence-electron chi connectivity index (χ3n) is 3.75. The Hall–Kier alpha value is -2.11. The molecular formula is C18H20N2. The second-order valence-corrected chi connectivity index (χ2v) is 5.01. The van der Waals surface area contributed by atoms with Gasteiger partial charge in [-0.3, -0.25) is 5.32 Å². The summed E-state index contributed by atoms with van der Waals surface area (Å²) in [6.45, 7) is 4.14. The molecule has 1 N–H and O–H groups in total. The maximum absolute atomic E-state index is 9.71. The molecule has 2 nitrogen and oxygen atoms in total. The first-order valence-electron chi connectivity index (χ1n) is 7.01. The molecule has 0 saturated heterocycles. The zero-order chi connectivity index (χ0) is 14.4. The molecule has 2 rings (SSSR count). The number of nitrogens with one attached hydrogen (secondary N) is 1. The van der Waals surface area contributed by atoms with Crippen LogP contribution >= 0.6 is 0 Å². The van der Waals surface area contributed by atoms with Gasteiger partial charge in [0.05, 0.1) is 6.07 Å². The number of nitrogens with zero attached hydrogens (tertiary/aromatic N) is 1. The van der Waals surface area contributed by atoms with Crippen LogP contribution < -0.4 is 5.32 Å². The Bertz CT molecular complexity index is 571. The molecule has 0 bridgehead atoms. The zero-order valence-corrected chi connectivity index (χ0v) is 12.0. The lowest BCUT2D eigenvalue weighted by Crippen LogP contribution is -2.42. The van der Waals surface area contributed by atoms with Gasteiger partial charge in [0.15, 0.2) is 0 Å². The van der Waals surface area contributed by atoms with Crippen LogP contribution in [0.4, 0.5) is 0 Å². The van der Waals surface area contributed by atoms with Crippen LogP contribution in [0, 0.1) is 11.3 Å². The van der Waals surface area contributed by atoms with E-state index >= 15 is 0 Å². The first kappa shape index (κ1) is 14.3. The van der Waals surface area contributed by atoms with Crippen molar-refractivity contribution in [3.8, 4) is 6.07 Å². The van der Waals surface area contributed by atoms with E-state index in [1.54, 1.807) is 0 Å². The average molecular weight is 264 g/mol. The lowest BCUT2D eigenvalue weighted by atomic mass is 9.87. The molecule has 102 valence electrons. The summed E-state index contributed by atoms with van der Waals surface area (Å²) in [5, 5.41) is 13.2. The highest BCUT2D eigenvalue weighted by molar-refractivity contribution is 5.32. The fourth-order valence-electron chi connectivity index (χ4n) is 2.48. The van der Waals surface area contributed by atoms with Gasteiger partial charge in [0.25, 0.3) is 0 Å². The van der Waals surface area contributed by atoms with Crippen molar-refractivity contribution in [3.05, 3.63) is 71.8 Å². The zero-order valence-electron chi connectivity index (χ0n) is 12.0. The van der Waals surface area contributed by atoms with Crippen LogP contribution in [0.3, 0.4) is 0 Å². The van der Waals surface area contributed by atoms with Crippen molar-refractivity contribution in [1.82, 2.24) is 5.32 Å². The summed E-state index contributed by atoms with van der Waals surface area (Å²) in [7, 11) is 0. The number of hydrogen-bond acceptors (Lipinski definition) is 2. The second-order valence-electron chi connectivity index (χ2n) is 5.01. The van der Waals surface area contributed by atoms with Crippen LogP contribution in [0.25, 0.3) is 0 Å². The summed E-state index contributed by atoms with van der Waals surface area (Å²) >= 11 is 0. The molecule has 0 heterocycles. The van der Waals surface area contributed by atoms with Gasteiger partial charge in [-0.25, -0.2) is 0 Å². The van der Waals surface area contributed by atoms with Crippen LogP contribution in [0.5, 0.6) is 0 Å². The van der Waals surface area contributed by atoms with Crippen molar-refractivity contribution in [2.45, 2.75) is 31.8 Å². The van der Waals surface area contributed by atoms with Gasteiger partial charge in [0, 0.05) is 6.04 Å². The third kappa shape index (κ3) is 2.89. The van der Waals surface area contributed by atoms with Crippen LogP contribution in [0.15, 0.2) is 60.7 Å². The van der Waals surface area contributed by atoms with Crippen LogP contribution in [-0.2, 0) is 5.54 Å². The molecule has 2 aromatic carbocycles. The predicted octanol–water partition coefficient (Wildman–Crippen LogP) is 4.17. The van der Waals surface area contributed by atoms with E-state index in [1.165, 1.54) is 5.56 Å². The van der Waals surface area contributed by atoms with E-state index in [1.807, 2.05) is 55.5 Å². The summed E-state index contributed by atoms with van der Waals surface area (Å²) in [6, 6.07) is 22.8. The largest absolute Gasteiger partial charge is 0.289 e. The van der Waals surface area contributed by atoms with E-state index in [0.29, 0.717) is 0 Å². The summed E-state index contributed by atoms with van der Waals surface area (Å²) in [5.74, 6) is 0. The number of benzene rings is 2.